The largest absolute Gasteiger partial charge is 0.486 e. The predicted octanol–water partition coefficient (Wildman–Crippen LogP) is 3.06. The Kier molecular flexibility index (Phi) is 5.12. The normalized spacial score (nSPS) is 16.1. The van der Waals surface area contributed by atoms with Crippen molar-refractivity contribution < 1.29 is 14.3 Å². The zero-order valence-electron chi connectivity index (χ0n) is 13.1. The highest BCUT2D eigenvalue weighted by molar-refractivity contribution is 7.09. The van der Waals surface area contributed by atoms with Crippen LogP contribution in [0.2, 0.25) is 0 Å². The van der Waals surface area contributed by atoms with Gasteiger partial charge in [0.2, 0.25) is 0 Å². The molecule has 0 saturated carbocycles. The highest BCUT2D eigenvalue weighted by Crippen LogP contribution is 2.31. The third kappa shape index (κ3) is 4.01. The lowest BCUT2D eigenvalue weighted by Gasteiger charge is -2.26. The number of carbonyl (C=O) groups excluding carboxylic acids is 1. The predicted molar refractivity (Wildman–Crippen MR) is 89.4 cm³/mol. The Morgan fingerprint density at radius 1 is 1.39 bits per heavy atom. The summed E-state index contributed by atoms with van der Waals surface area (Å²) < 4.78 is 11.5. The van der Waals surface area contributed by atoms with Crippen LogP contribution in [0, 0.1) is 0 Å². The van der Waals surface area contributed by atoms with E-state index in [2.05, 4.69) is 17.2 Å². The van der Waals surface area contributed by atoms with Gasteiger partial charge in [-0.1, -0.05) is 19.1 Å². The number of benzene rings is 1. The fourth-order valence-electron chi connectivity index (χ4n) is 2.39. The van der Waals surface area contributed by atoms with Gasteiger partial charge in [-0.05, 0) is 25.0 Å². The summed E-state index contributed by atoms with van der Waals surface area (Å²) in [6.07, 6.45) is 2.61. The van der Waals surface area contributed by atoms with Crippen molar-refractivity contribution in [3.63, 3.8) is 0 Å². The van der Waals surface area contributed by atoms with Gasteiger partial charge in [0.05, 0.1) is 5.01 Å². The third-order valence-electron chi connectivity index (χ3n) is 3.57. The van der Waals surface area contributed by atoms with E-state index in [9.17, 15) is 4.79 Å². The van der Waals surface area contributed by atoms with Crippen molar-refractivity contribution >= 4 is 17.2 Å². The fraction of sp³-hybridized carbons (Fsp3) is 0.412. The molecule has 1 aromatic carbocycles. The molecular weight excluding hydrogens is 312 g/mol. The summed E-state index contributed by atoms with van der Waals surface area (Å²) in [6.45, 7) is 3.14. The van der Waals surface area contributed by atoms with Gasteiger partial charge >= 0.3 is 0 Å². The van der Waals surface area contributed by atoms with Gasteiger partial charge in [0.25, 0.3) is 5.91 Å². The van der Waals surface area contributed by atoms with E-state index in [1.54, 1.807) is 0 Å². The highest BCUT2D eigenvalue weighted by Gasteiger charge is 2.20. The molecule has 5 nitrogen and oxygen atoms in total. The number of amides is 1. The van der Waals surface area contributed by atoms with Crippen LogP contribution < -0.4 is 14.8 Å². The van der Waals surface area contributed by atoms with Crippen LogP contribution in [-0.2, 0) is 6.42 Å². The van der Waals surface area contributed by atoms with E-state index in [1.807, 2.05) is 29.6 Å². The van der Waals surface area contributed by atoms with Gasteiger partial charge in [-0.3, -0.25) is 4.79 Å². The summed E-state index contributed by atoms with van der Waals surface area (Å²) >= 11 is 1.54. The van der Waals surface area contributed by atoms with Crippen LogP contribution in [0.5, 0.6) is 11.5 Å². The maximum atomic E-state index is 12.1. The third-order valence-corrected chi connectivity index (χ3v) is 4.48. The van der Waals surface area contributed by atoms with Crippen LogP contribution in [-0.4, -0.2) is 30.1 Å². The molecule has 1 atom stereocenters. The van der Waals surface area contributed by atoms with Crippen molar-refractivity contribution in [2.24, 2.45) is 0 Å². The topological polar surface area (TPSA) is 60.5 Å². The minimum Gasteiger partial charge on any atom is -0.486 e. The summed E-state index contributed by atoms with van der Waals surface area (Å²) in [6, 6.07) is 7.62. The first-order valence-electron chi connectivity index (χ1n) is 7.87. The van der Waals surface area contributed by atoms with Crippen LogP contribution >= 0.6 is 11.3 Å². The fourth-order valence-corrected chi connectivity index (χ4v) is 3.27. The number of thiazole rings is 1. The SMILES string of the molecule is CCCc1nc(C(=O)NCCC2COc3ccccc3O2)cs1. The van der Waals surface area contributed by atoms with E-state index >= 15 is 0 Å². The number of fused-ring (bicyclic) bond motifs is 1. The lowest BCUT2D eigenvalue weighted by Crippen LogP contribution is -2.34. The Hall–Kier alpha value is -2.08. The zero-order valence-corrected chi connectivity index (χ0v) is 13.9. The van der Waals surface area contributed by atoms with Gasteiger partial charge in [-0.25, -0.2) is 4.98 Å². The van der Waals surface area contributed by atoms with E-state index in [4.69, 9.17) is 9.47 Å². The average Bonchev–Trinajstić information content (AvgIpc) is 3.04. The minimum absolute atomic E-state index is 0.0451. The lowest BCUT2D eigenvalue weighted by molar-refractivity contribution is 0.0811. The van der Waals surface area contributed by atoms with E-state index < -0.39 is 0 Å². The van der Waals surface area contributed by atoms with Gasteiger partial charge in [-0.15, -0.1) is 11.3 Å². The number of aromatic nitrogens is 1. The summed E-state index contributed by atoms with van der Waals surface area (Å²) in [4.78, 5) is 16.4. The summed E-state index contributed by atoms with van der Waals surface area (Å²) in [5, 5.41) is 5.72. The van der Waals surface area contributed by atoms with Crippen LogP contribution in [0.4, 0.5) is 0 Å². The van der Waals surface area contributed by atoms with E-state index in [0.717, 1.165) is 29.3 Å². The van der Waals surface area contributed by atoms with Gasteiger partial charge in [0.15, 0.2) is 11.5 Å². The average molecular weight is 332 g/mol. The molecule has 1 unspecified atom stereocenters. The van der Waals surface area contributed by atoms with Crippen LogP contribution in [0.3, 0.4) is 0 Å². The number of nitrogens with one attached hydrogen (secondary N) is 1. The highest BCUT2D eigenvalue weighted by atomic mass is 32.1. The first-order valence-corrected chi connectivity index (χ1v) is 8.75. The molecule has 122 valence electrons. The Bertz CT molecular complexity index is 671. The standard InChI is InChI=1S/C17H20N2O3S/c1-2-5-16-19-13(11-23-16)17(20)18-9-8-12-10-21-14-6-3-4-7-15(14)22-12/h3-4,6-7,11-12H,2,5,8-10H2,1H3,(H,18,20). The van der Waals surface area contributed by atoms with Crippen molar-refractivity contribution in [3.8, 4) is 11.5 Å². The molecule has 6 heteroatoms. The number of ether oxygens (including phenoxy) is 2. The Balaban J connectivity index is 1.45. The second-order valence-electron chi connectivity index (χ2n) is 5.42. The van der Waals surface area contributed by atoms with E-state index in [1.165, 1.54) is 11.3 Å². The first-order chi connectivity index (χ1) is 11.3. The molecule has 1 aliphatic heterocycles. The smallest absolute Gasteiger partial charge is 0.270 e. The number of para-hydroxylation sites is 2. The molecule has 1 amide bonds. The maximum absolute atomic E-state index is 12.1. The Morgan fingerprint density at radius 2 is 2.22 bits per heavy atom. The van der Waals surface area contributed by atoms with Gasteiger partial charge in [0, 0.05) is 18.3 Å². The first kappa shape index (κ1) is 15.8. The second-order valence-corrected chi connectivity index (χ2v) is 6.36. The number of hydrogen-bond acceptors (Lipinski definition) is 5. The number of rotatable bonds is 6. The van der Waals surface area contributed by atoms with Crippen LogP contribution in [0.25, 0.3) is 0 Å². The van der Waals surface area contributed by atoms with Crippen LogP contribution in [0.1, 0.15) is 35.3 Å². The molecule has 2 heterocycles. The molecule has 1 N–H and O–H groups in total. The molecule has 0 bridgehead atoms. The number of aryl methyl sites for hydroxylation is 1. The molecule has 2 aromatic rings. The van der Waals surface area contributed by atoms with Crippen molar-refractivity contribution in [1.29, 1.82) is 0 Å². The van der Waals surface area contributed by atoms with Gasteiger partial charge in [0.1, 0.15) is 18.4 Å². The zero-order chi connectivity index (χ0) is 16.1. The molecular formula is C17H20N2O3S. The minimum atomic E-state index is -0.124. The lowest BCUT2D eigenvalue weighted by atomic mass is 10.2. The number of nitrogens with zero attached hydrogens (tertiary/aromatic N) is 1. The molecule has 0 spiro atoms. The Labute approximate surface area is 139 Å². The molecule has 0 radical (unpaired) electrons. The number of carbonyl (C=O) groups is 1. The number of hydrogen-bond donors (Lipinski definition) is 1. The second kappa shape index (κ2) is 7.46. The van der Waals surface area contributed by atoms with E-state index in [0.29, 0.717) is 25.3 Å². The van der Waals surface area contributed by atoms with Crippen molar-refractivity contribution in [1.82, 2.24) is 10.3 Å². The molecule has 0 saturated heterocycles. The van der Waals surface area contributed by atoms with Crippen molar-refractivity contribution in [3.05, 3.63) is 40.3 Å². The van der Waals surface area contributed by atoms with E-state index in [-0.39, 0.29) is 12.0 Å². The quantitative estimate of drug-likeness (QED) is 0.883. The van der Waals surface area contributed by atoms with Crippen LogP contribution in [0.15, 0.2) is 29.6 Å². The van der Waals surface area contributed by atoms with Crippen molar-refractivity contribution in [2.45, 2.75) is 32.3 Å². The molecule has 1 aromatic heterocycles. The molecule has 1 aliphatic rings. The molecule has 0 fully saturated rings. The Morgan fingerprint density at radius 3 is 3.04 bits per heavy atom. The maximum Gasteiger partial charge on any atom is 0.270 e. The summed E-state index contributed by atoms with van der Waals surface area (Å²) in [5.41, 5.74) is 0.504. The summed E-state index contributed by atoms with van der Waals surface area (Å²) in [7, 11) is 0. The molecule has 3 rings (SSSR count). The molecule has 0 aliphatic carbocycles. The van der Waals surface area contributed by atoms with Gasteiger partial charge in [-0.2, -0.15) is 0 Å². The van der Waals surface area contributed by atoms with Gasteiger partial charge < -0.3 is 14.8 Å². The van der Waals surface area contributed by atoms with Crippen molar-refractivity contribution in [2.75, 3.05) is 13.2 Å². The summed E-state index contributed by atoms with van der Waals surface area (Å²) in [5.74, 6) is 1.42. The molecule has 23 heavy (non-hydrogen) atoms. The monoisotopic (exact) mass is 332 g/mol.